The highest BCUT2D eigenvalue weighted by Crippen LogP contribution is 2.26. The molecule has 0 aliphatic carbocycles. The maximum atomic E-state index is 13.1. The van der Waals surface area contributed by atoms with Crippen LogP contribution in [0, 0.1) is 11.6 Å². The molecule has 0 saturated heterocycles. The molecule has 0 fully saturated rings. The first-order valence-electron chi connectivity index (χ1n) is 6.44. The molecule has 0 saturated carbocycles. The minimum absolute atomic E-state index is 0.265. The van der Waals surface area contributed by atoms with Gasteiger partial charge in [-0.05, 0) is 64.2 Å². The molecule has 112 valence electrons. The first-order chi connectivity index (χ1) is 9.99. The van der Waals surface area contributed by atoms with E-state index in [0.29, 0.717) is 17.7 Å². The Hall–Kier alpha value is -1.46. The van der Waals surface area contributed by atoms with Gasteiger partial charge in [0, 0.05) is 0 Å². The Morgan fingerprint density at radius 2 is 1.67 bits per heavy atom. The fourth-order valence-electron chi connectivity index (χ4n) is 2.12. The molecule has 0 aromatic heterocycles. The van der Waals surface area contributed by atoms with E-state index in [1.807, 2.05) is 18.2 Å². The van der Waals surface area contributed by atoms with Gasteiger partial charge in [-0.15, -0.1) is 0 Å². The third-order valence-corrected chi connectivity index (χ3v) is 3.76. The largest absolute Gasteiger partial charge is 0.496 e. The lowest BCUT2D eigenvalue weighted by Crippen LogP contribution is -2.14. The van der Waals surface area contributed by atoms with Gasteiger partial charge in [-0.3, -0.25) is 0 Å². The summed E-state index contributed by atoms with van der Waals surface area (Å²) in [6.45, 7) is 0. The highest BCUT2D eigenvalue weighted by Gasteiger charge is 2.11. The Morgan fingerprint density at radius 3 is 2.24 bits per heavy atom. The molecule has 0 bridgehead atoms. The van der Waals surface area contributed by atoms with Crippen LogP contribution in [0.3, 0.4) is 0 Å². The number of hydrogen-bond acceptors (Lipinski definition) is 2. The molecule has 1 atom stereocenters. The van der Waals surface area contributed by atoms with Gasteiger partial charge in [-0.25, -0.2) is 8.78 Å². The number of aliphatic hydroxyl groups excluding tert-OH is 1. The zero-order valence-corrected chi connectivity index (χ0v) is 13.0. The third kappa shape index (κ3) is 4.25. The Labute approximate surface area is 130 Å². The molecule has 0 aliphatic rings. The van der Waals surface area contributed by atoms with Gasteiger partial charge >= 0.3 is 0 Å². The van der Waals surface area contributed by atoms with Crippen molar-refractivity contribution in [2.75, 3.05) is 7.11 Å². The molecule has 2 aromatic carbocycles. The molecule has 1 unspecified atom stereocenters. The molecule has 0 amide bonds. The van der Waals surface area contributed by atoms with Crippen molar-refractivity contribution < 1.29 is 18.6 Å². The lowest BCUT2D eigenvalue weighted by molar-refractivity contribution is 0.175. The van der Waals surface area contributed by atoms with E-state index in [-0.39, 0.29) is 6.42 Å². The zero-order chi connectivity index (χ0) is 15.4. The lowest BCUT2D eigenvalue weighted by atomic mass is 10.0. The summed E-state index contributed by atoms with van der Waals surface area (Å²) >= 11 is 3.38. The summed E-state index contributed by atoms with van der Waals surface area (Å²) in [6, 6.07) is 9.20. The second-order valence-corrected chi connectivity index (χ2v) is 5.63. The summed E-state index contributed by atoms with van der Waals surface area (Å²) in [4.78, 5) is 0. The summed E-state index contributed by atoms with van der Waals surface area (Å²) in [5.41, 5.74) is 1.49. The quantitative estimate of drug-likeness (QED) is 0.880. The molecule has 0 spiro atoms. The summed E-state index contributed by atoms with van der Waals surface area (Å²) in [7, 11) is 1.58. The molecule has 2 rings (SSSR count). The van der Waals surface area contributed by atoms with Crippen LogP contribution in [0.15, 0.2) is 40.9 Å². The van der Waals surface area contributed by atoms with E-state index in [2.05, 4.69) is 15.9 Å². The molecule has 21 heavy (non-hydrogen) atoms. The molecule has 2 aromatic rings. The van der Waals surface area contributed by atoms with E-state index < -0.39 is 17.7 Å². The van der Waals surface area contributed by atoms with Crippen molar-refractivity contribution in [1.82, 2.24) is 0 Å². The molecule has 2 nitrogen and oxygen atoms in total. The minimum atomic E-state index is -0.896. The van der Waals surface area contributed by atoms with E-state index in [1.54, 1.807) is 7.11 Å². The molecular weight excluding hydrogens is 342 g/mol. The van der Waals surface area contributed by atoms with Crippen LogP contribution in [-0.4, -0.2) is 18.3 Å². The van der Waals surface area contributed by atoms with Crippen LogP contribution in [0.25, 0.3) is 0 Å². The predicted octanol–water partition coefficient (Wildman–Crippen LogP) is 3.88. The summed E-state index contributed by atoms with van der Waals surface area (Å²) in [5.74, 6) is -1.06. The smallest absolute Gasteiger partial charge is 0.159 e. The maximum Gasteiger partial charge on any atom is 0.159 e. The van der Waals surface area contributed by atoms with Crippen molar-refractivity contribution in [3.05, 3.63) is 63.6 Å². The first-order valence-corrected chi connectivity index (χ1v) is 7.23. The van der Waals surface area contributed by atoms with Crippen molar-refractivity contribution in [3.8, 4) is 5.75 Å². The number of methoxy groups -OCH3 is 1. The monoisotopic (exact) mass is 356 g/mol. The Bertz CT molecular complexity index is 632. The van der Waals surface area contributed by atoms with Gasteiger partial charge in [0.05, 0.1) is 17.7 Å². The van der Waals surface area contributed by atoms with Gasteiger partial charge in [0.25, 0.3) is 0 Å². The maximum absolute atomic E-state index is 13.1. The number of aliphatic hydroxyl groups is 1. The van der Waals surface area contributed by atoms with Crippen LogP contribution in [-0.2, 0) is 12.8 Å². The minimum Gasteiger partial charge on any atom is -0.496 e. The van der Waals surface area contributed by atoms with Gasteiger partial charge in [0.15, 0.2) is 11.6 Å². The topological polar surface area (TPSA) is 29.5 Å². The van der Waals surface area contributed by atoms with Gasteiger partial charge in [-0.2, -0.15) is 0 Å². The second kappa shape index (κ2) is 7.00. The van der Waals surface area contributed by atoms with Gasteiger partial charge in [0.2, 0.25) is 0 Å². The third-order valence-electron chi connectivity index (χ3n) is 3.14. The standard InChI is InChI=1S/C16H15BrF2O2/c1-21-16-5-3-10(8-13(16)17)6-12(20)7-11-2-4-14(18)15(19)9-11/h2-5,8-9,12,20H,6-7H2,1H3. The second-order valence-electron chi connectivity index (χ2n) is 4.78. The van der Waals surface area contributed by atoms with Gasteiger partial charge in [-0.1, -0.05) is 12.1 Å². The Kier molecular flexibility index (Phi) is 5.31. The predicted molar refractivity (Wildman–Crippen MR) is 80.5 cm³/mol. The van der Waals surface area contributed by atoms with Gasteiger partial charge in [0.1, 0.15) is 5.75 Å². The van der Waals surface area contributed by atoms with Crippen LogP contribution >= 0.6 is 15.9 Å². The average Bonchev–Trinajstić information content (AvgIpc) is 2.43. The van der Waals surface area contributed by atoms with Crippen LogP contribution in [0.2, 0.25) is 0 Å². The van der Waals surface area contributed by atoms with Crippen molar-refractivity contribution in [1.29, 1.82) is 0 Å². The number of halogens is 3. The zero-order valence-electron chi connectivity index (χ0n) is 11.4. The van der Waals surface area contributed by atoms with Crippen LogP contribution < -0.4 is 4.74 Å². The van der Waals surface area contributed by atoms with Crippen LogP contribution in [0.4, 0.5) is 8.78 Å². The Balaban J connectivity index is 2.02. The number of ether oxygens (including phenoxy) is 1. The van der Waals surface area contributed by atoms with Gasteiger partial charge < -0.3 is 9.84 Å². The normalized spacial score (nSPS) is 12.2. The average molecular weight is 357 g/mol. The SMILES string of the molecule is COc1ccc(CC(O)Cc2ccc(F)c(F)c2)cc1Br. The van der Waals surface area contributed by atoms with Crippen LogP contribution in [0.5, 0.6) is 5.75 Å². The number of benzene rings is 2. The Morgan fingerprint density at radius 1 is 1.05 bits per heavy atom. The van der Waals surface area contributed by atoms with Crippen molar-refractivity contribution in [3.63, 3.8) is 0 Å². The summed E-state index contributed by atoms with van der Waals surface area (Å²) in [5, 5.41) is 10.1. The highest BCUT2D eigenvalue weighted by molar-refractivity contribution is 9.10. The van der Waals surface area contributed by atoms with Crippen molar-refractivity contribution in [2.45, 2.75) is 18.9 Å². The molecule has 0 heterocycles. The fraction of sp³-hybridized carbons (Fsp3) is 0.250. The van der Waals surface area contributed by atoms with Crippen molar-refractivity contribution >= 4 is 15.9 Å². The fourth-order valence-corrected chi connectivity index (χ4v) is 2.71. The lowest BCUT2D eigenvalue weighted by Gasteiger charge is -2.12. The van der Waals surface area contributed by atoms with E-state index in [9.17, 15) is 13.9 Å². The molecule has 0 aliphatic heterocycles. The molecule has 5 heteroatoms. The van der Waals surface area contributed by atoms with E-state index >= 15 is 0 Å². The molecular formula is C16H15BrF2O2. The molecule has 0 radical (unpaired) electrons. The summed E-state index contributed by atoms with van der Waals surface area (Å²) in [6.07, 6.45) is 0.0118. The highest BCUT2D eigenvalue weighted by atomic mass is 79.9. The van der Waals surface area contributed by atoms with Crippen LogP contribution in [0.1, 0.15) is 11.1 Å². The number of hydrogen-bond donors (Lipinski definition) is 1. The van der Waals surface area contributed by atoms with E-state index in [4.69, 9.17) is 4.74 Å². The summed E-state index contributed by atoms with van der Waals surface area (Å²) < 4.78 is 31.9. The van der Waals surface area contributed by atoms with E-state index in [1.165, 1.54) is 6.07 Å². The van der Waals surface area contributed by atoms with E-state index in [0.717, 1.165) is 22.2 Å². The van der Waals surface area contributed by atoms with Crippen molar-refractivity contribution in [2.24, 2.45) is 0 Å². The number of rotatable bonds is 5. The first kappa shape index (κ1) is 15.9. The molecule has 1 N–H and O–H groups in total.